The summed E-state index contributed by atoms with van der Waals surface area (Å²) in [7, 11) is 0. The molecule has 0 amide bonds. The van der Waals surface area contributed by atoms with Crippen molar-refractivity contribution in [1.82, 2.24) is 10.2 Å². The number of nitrogens with zero attached hydrogens (tertiary/aromatic N) is 1. The first-order valence-electron chi connectivity index (χ1n) is 8.51. The smallest absolute Gasteiger partial charge is 0.0731 e. The van der Waals surface area contributed by atoms with Crippen LogP contribution in [0.5, 0.6) is 0 Å². The number of rotatable bonds is 5. The largest absolute Gasteiger partial charge is 0.394 e. The van der Waals surface area contributed by atoms with Crippen LogP contribution in [0.2, 0.25) is 0 Å². The zero-order chi connectivity index (χ0) is 14.0. The normalized spacial score (nSPS) is 42.0. The lowest BCUT2D eigenvalue weighted by atomic mass is 9.97. The number of hydrogen-bond acceptors (Lipinski definition) is 4. The van der Waals surface area contributed by atoms with Crippen molar-refractivity contribution < 1.29 is 9.84 Å². The Morgan fingerprint density at radius 3 is 3.05 bits per heavy atom. The zero-order valence-corrected chi connectivity index (χ0v) is 12.8. The molecule has 0 radical (unpaired) electrons. The Bertz CT molecular complexity index is 326. The molecule has 20 heavy (non-hydrogen) atoms. The van der Waals surface area contributed by atoms with Gasteiger partial charge in [-0.05, 0) is 51.5 Å². The minimum atomic E-state index is -0.0208. The molecule has 4 atom stereocenters. The predicted octanol–water partition coefficient (Wildman–Crippen LogP) is 1.52. The topological polar surface area (TPSA) is 44.7 Å². The van der Waals surface area contributed by atoms with Gasteiger partial charge in [0, 0.05) is 24.2 Å². The fourth-order valence-electron chi connectivity index (χ4n) is 4.54. The van der Waals surface area contributed by atoms with Crippen LogP contribution >= 0.6 is 0 Å². The van der Waals surface area contributed by atoms with Gasteiger partial charge in [-0.1, -0.05) is 6.92 Å². The average Bonchev–Trinajstić information content (AvgIpc) is 3.12. The Labute approximate surface area is 122 Å². The van der Waals surface area contributed by atoms with E-state index in [1.165, 1.54) is 25.7 Å². The molecule has 3 rings (SSSR count). The van der Waals surface area contributed by atoms with Crippen molar-refractivity contribution in [2.75, 3.05) is 26.3 Å². The van der Waals surface area contributed by atoms with Gasteiger partial charge in [-0.3, -0.25) is 4.90 Å². The molecular weight excluding hydrogens is 252 g/mol. The number of ether oxygens (including phenoxy) is 1. The molecule has 0 spiro atoms. The summed E-state index contributed by atoms with van der Waals surface area (Å²) < 4.78 is 5.93. The summed E-state index contributed by atoms with van der Waals surface area (Å²) in [6.45, 7) is 5.47. The molecule has 4 unspecified atom stereocenters. The molecule has 4 nitrogen and oxygen atoms in total. The third-order valence-electron chi connectivity index (χ3n) is 5.63. The van der Waals surface area contributed by atoms with E-state index in [4.69, 9.17) is 4.74 Å². The summed E-state index contributed by atoms with van der Waals surface area (Å²) in [4.78, 5) is 2.71. The molecular formula is C16H30N2O2. The molecule has 4 heteroatoms. The average molecular weight is 282 g/mol. The highest BCUT2D eigenvalue weighted by molar-refractivity contribution is 5.02. The van der Waals surface area contributed by atoms with Gasteiger partial charge in [0.05, 0.1) is 19.3 Å². The van der Waals surface area contributed by atoms with Crippen LogP contribution < -0.4 is 5.32 Å². The van der Waals surface area contributed by atoms with Crippen LogP contribution in [-0.2, 0) is 4.74 Å². The fourth-order valence-corrected chi connectivity index (χ4v) is 4.54. The molecule has 2 aliphatic carbocycles. The molecule has 0 aromatic carbocycles. The van der Waals surface area contributed by atoms with Crippen LogP contribution in [0.25, 0.3) is 0 Å². The molecule has 0 aromatic heterocycles. The van der Waals surface area contributed by atoms with Crippen LogP contribution in [0, 0.1) is 0 Å². The van der Waals surface area contributed by atoms with Gasteiger partial charge in [0.25, 0.3) is 0 Å². The lowest BCUT2D eigenvalue weighted by Gasteiger charge is -2.42. The highest BCUT2D eigenvalue weighted by atomic mass is 16.5. The summed E-state index contributed by atoms with van der Waals surface area (Å²) >= 11 is 0. The molecule has 3 aliphatic rings. The molecule has 1 heterocycles. The Balaban J connectivity index is 1.63. The Morgan fingerprint density at radius 1 is 1.35 bits per heavy atom. The standard InChI is InChI=1S/C16H30N2O2/c1-2-8-17-16(12-19)7-6-13(11-16)18-9-10-20-15-5-3-4-14(15)18/h13-15,17,19H,2-12H2,1H3. The first-order chi connectivity index (χ1) is 9.78. The Hall–Kier alpha value is -0.160. The molecule has 3 fully saturated rings. The summed E-state index contributed by atoms with van der Waals surface area (Å²) in [6.07, 6.45) is 8.92. The minimum Gasteiger partial charge on any atom is -0.394 e. The van der Waals surface area contributed by atoms with E-state index in [-0.39, 0.29) is 12.1 Å². The number of morpholine rings is 1. The molecule has 116 valence electrons. The third kappa shape index (κ3) is 2.76. The van der Waals surface area contributed by atoms with Crippen molar-refractivity contribution in [3.05, 3.63) is 0 Å². The SMILES string of the molecule is CCCNC1(CO)CCC(N2CCOC3CCCC32)C1. The van der Waals surface area contributed by atoms with Crippen molar-refractivity contribution in [1.29, 1.82) is 0 Å². The first kappa shape index (κ1) is 14.8. The van der Waals surface area contributed by atoms with E-state index < -0.39 is 0 Å². The van der Waals surface area contributed by atoms with Gasteiger partial charge in [0.2, 0.25) is 0 Å². The second kappa shape index (κ2) is 6.30. The highest BCUT2D eigenvalue weighted by Crippen LogP contribution is 2.38. The number of nitrogens with one attached hydrogen (secondary N) is 1. The van der Waals surface area contributed by atoms with Crippen molar-refractivity contribution in [2.45, 2.75) is 75.6 Å². The van der Waals surface area contributed by atoms with Gasteiger partial charge in [0.15, 0.2) is 0 Å². The van der Waals surface area contributed by atoms with Gasteiger partial charge in [-0.2, -0.15) is 0 Å². The maximum Gasteiger partial charge on any atom is 0.0731 e. The lowest BCUT2D eigenvalue weighted by molar-refractivity contribution is -0.0719. The molecule has 0 aromatic rings. The first-order valence-corrected chi connectivity index (χ1v) is 8.51. The van der Waals surface area contributed by atoms with Crippen LogP contribution in [0.1, 0.15) is 51.9 Å². The minimum absolute atomic E-state index is 0.0208. The van der Waals surface area contributed by atoms with Crippen LogP contribution in [0.4, 0.5) is 0 Å². The zero-order valence-electron chi connectivity index (χ0n) is 12.8. The monoisotopic (exact) mass is 282 g/mol. The molecule has 2 N–H and O–H groups in total. The maximum absolute atomic E-state index is 9.84. The number of fused-ring (bicyclic) bond motifs is 1. The van der Waals surface area contributed by atoms with Crippen molar-refractivity contribution >= 4 is 0 Å². The maximum atomic E-state index is 9.84. The quantitative estimate of drug-likeness (QED) is 0.802. The highest BCUT2D eigenvalue weighted by Gasteiger charge is 2.45. The van der Waals surface area contributed by atoms with E-state index in [9.17, 15) is 5.11 Å². The number of hydrogen-bond donors (Lipinski definition) is 2. The van der Waals surface area contributed by atoms with Crippen molar-refractivity contribution in [3.8, 4) is 0 Å². The molecule has 1 saturated heterocycles. The van der Waals surface area contributed by atoms with Gasteiger partial charge >= 0.3 is 0 Å². The molecule has 1 aliphatic heterocycles. The second-order valence-electron chi connectivity index (χ2n) is 6.91. The summed E-state index contributed by atoms with van der Waals surface area (Å²) in [5, 5.41) is 13.5. The van der Waals surface area contributed by atoms with Gasteiger partial charge in [0.1, 0.15) is 0 Å². The predicted molar refractivity (Wildman–Crippen MR) is 79.8 cm³/mol. The van der Waals surface area contributed by atoms with Crippen molar-refractivity contribution in [2.24, 2.45) is 0 Å². The van der Waals surface area contributed by atoms with E-state index in [0.29, 0.717) is 18.2 Å². The molecule has 2 saturated carbocycles. The Kier molecular flexibility index (Phi) is 4.65. The van der Waals surface area contributed by atoms with E-state index in [1.807, 2.05) is 0 Å². The van der Waals surface area contributed by atoms with Crippen molar-refractivity contribution in [3.63, 3.8) is 0 Å². The van der Waals surface area contributed by atoms with Crippen LogP contribution in [0.15, 0.2) is 0 Å². The third-order valence-corrected chi connectivity index (χ3v) is 5.63. The second-order valence-corrected chi connectivity index (χ2v) is 6.91. The number of aliphatic hydroxyl groups excluding tert-OH is 1. The van der Waals surface area contributed by atoms with E-state index >= 15 is 0 Å². The summed E-state index contributed by atoms with van der Waals surface area (Å²) in [5.41, 5.74) is -0.0208. The van der Waals surface area contributed by atoms with Crippen LogP contribution in [-0.4, -0.2) is 60.0 Å². The van der Waals surface area contributed by atoms with E-state index in [0.717, 1.165) is 39.0 Å². The summed E-state index contributed by atoms with van der Waals surface area (Å²) in [6, 6.07) is 1.29. The van der Waals surface area contributed by atoms with Gasteiger partial charge in [-0.25, -0.2) is 0 Å². The molecule has 0 bridgehead atoms. The van der Waals surface area contributed by atoms with E-state index in [2.05, 4.69) is 17.1 Å². The summed E-state index contributed by atoms with van der Waals surface area (Å²) in [5.74, 6) is 0. The van der Waals surface area contributed by atoms with Crippen LogP contribution in [0.3, 0.4) is 0 Å². The van der Waals surface area contributed by atoms with Gasteiger partial charge < -0.3 is 15.2 Å². The lowest BCUT2D eigenvalue weighted by Crippen LogP contribution is -2.54. The number of aliphatic hydroxyl groups is 1. The van der Waals surface area contributed by atoms with Gasteiger partial charge in [-0.15, -0.1) is 0 Å². The Morgan fingerprint density at radius 2 is 2.25 bits per heavy atom. The fraction of sp³-hybridized carbons (Fsp3) is 1.00. The van der Waals surface area contributed by atoms with E-state index in [1.54, 1.807) is 0 Å².